The number of aromatic nitrogens is 2. The lowest BCUT2D eigenvalue weighted by Crippen LogP contribution is -2.18. The van der Waals surface area contributed by atoms with E-state index in [-0.39, 0.29) is 0 Å². The van der Waals surface area contributed by atoms with Gasteiger partial charge in [-0.05, 0) is 24.0 Å². The van der Waals surface area contributed by atoms with E-state index >= 15 is 0 Å². The average Bonchev–Trinajstić information content (AvgIpc) is 2.33. The molecule has 2 rings (SSSR count). The van der Waals surface area contributed by atoms with Crippen LogP contribution in [0.2, 0.25) is 0 Å². The summed E-state index contributed by atoms with van der Waals surface area (Å²) in [6.45, 7) is 0. The van der Waals surface area contributed by atoms with E-state index in [2.05, 4.69) is 5.10 Å². The number of hydrogen-bond acceptors (Lipinski definition) is 4. The first-order valence-electron chi connectivity index (χ1n) is 4.64. The van der Waals surface area contributed by atoms with Crippen molar-refractivity contribution in [1.29, 1.82) is 0 Å². The summed E-state index contributed by atoms with van der Waals surface area (Å²) < 4.78 is 0. The van der Waals surface area contributed by atoms with Gasteiger partial charge in [0.05, 0.1) is 6.20 Å². The Kier molecular flexibility index (Phi) is 2.96. The molecule has 1 aromatic heterocycles. The molecule has 2 aromatic rings. The van der Waals surface area contributed by atoms with Crippen LogP contribution in [0.25, 0.3) is 11.1 Å². The first-order chi connectivity index (χ1) is 7.70. The minimum atomic E-state index is -0.536. The van der Waals surface area contributed by atoms with Crippen LogP contribution in [0.3, 0.4) is 0 Å². The van der Waals surface area contributed by atoms with Crippen LogP contribution in [0.1, 0.15) is 0 Å². The van der Waals surface area contributed by atoms with Gasteiger partial charge >= 0.3 is 5.56 Å². The van der Waals surface area contributed by atoms with Crippen molar-refractivity contribution < 1.29 is 5.21 Å². The third-order valence-electron chi connectivity index (χ3n) is 2.21. The molecule has 4 nitrogen and oxygen atoms in total. The van der Waals surface area contributed by atoms with Gasteiger partial charge in [-0.15, -0.1) is 16.9 Å². The third kappa shape index (κ3) is 2.09. The molecule has 0 bridgehead atoms. The summed E-state index contributed by atoms with van der Waals surface area (Å²) in [5.74, 6) is 0. The first-order valence-corrected chi connectivity index (χ1v) is 5.86. The molecular formula is C11H10N2O2S. The minimum absolute atomic E-state index is 0.319. The van der Waals surface area contributed by atoms with Gasteiger partial charge in [-0.25, -0.2) is 0 Å². The normalized spacial score (nSPS) is 10.3. The highest BCUT2D eigenvalue weighted by molar-refractivity contribution is 7.98. The summed E-state index contributed by atoms with van der Waals surface area (Å²) in [6.07, 6.45) is 3.46. The van der Waals surface area contributed by atoms with Crippen molar-refractivity contribution in [3.8, 4) is 11.1 Å². The van der Waals surface area contributed by atoms with Gasteiger partial charge in [0.15, 0.2) is 0 Å². The summed E-state index contributed by atoms with van der Waals surface area (Å²) in [6, 6.07) is 9.14. The summed E-state index contributed by atoms with van der Waals surface area (Å²) in [7, 11) is 0. The standard InChI is InChI=1S/C11H10N2O2S/c1-16-10-4-2-8(3-5-10)9-6-11(14)13(15)12-7-9/h2-7,15H,1H3. The summed E-state index contributed by atoms with van der Waals surface area (Å²) in [5.41, 5.74) is 1.07. The second kappa shape index (κ2) is 4.40. The molecule has 0 saturated carbocycles. The fourth-order valence-corrected chi connectivity index (χ4v) is 1.75. The zero-order chi connectivity index (χ0) is 11.5. The average molecular weight is 234 g/mol. The largest absolute Gasteiger partial charge is 0.409 e. The SMILES string of the molecule is CSc1ccc(-c2cnn(O)c(=O)c2)cc1. The first kappa shape index (κ1) is 10.8. The highest BCUT2D eigenvalue weighted by atomic mass is 32.2. The van der Waals surface area contributed by atoms with E-state index in [0.29, 0.717) is 10.4 Å². The summed E-state index contributed by atoms with van der Waals surface area (Å²) >= 11 is 1.66. The molecule has 0 aliphatic carbocycles. The molecule has 0 aliphatic rings. The van der Waals surface area contributed by atoms with Crippen LogP contribution < -0.4 is 5.56 Å². The second-order valence-corrected chi connectivity index (χ2v) is 4.08. The van der Waals surface area contributed by atoms with Crippen molar-refractivity contribution in [1.82, 2.24) is 9.94 Å². The van der Waals surface area contributed by atoms with E-state index in [1.54, 1.807) is 11.8 Å². The lowest BCUT2D eigenvalue weighted by atomic mass is 10.1. The number of thioether (sulfide) groups is 1. The van der Waals surface area contributed by atoms with E-state index in [0.717, 1.165) is 10.5 Å². The van der Waals surface area contributed by atoms with Gasteiger partial charge in [0.25, 0.3) is 0 Å². The highest BCUT2D eigenvalue weighted by Gasteiger charge is 2.01. The van der Waals surface area contributed by atoms with Gasteiger partial charge in [-0.1, -0.05) is 17.0 Å². The Hall–Kier alpha value is -1.75. The van der Waals surface area contributed by atoms with E-state index in [1.165, 1.54) is 12.3 Å². The Morgan fingerprint density at radius 3 is 2.50 bits per heavy atom. The van der Waals surface area contributed by atoms with Crippen LogP contribution in [-0.4, -0.2) is 21.4 Å². The number of nitrogens with zero attached hydrogens (tertiary/aromatic N) is 2. The maximum absolute atomic E-state index is 11.2. The molecule has 0 fully saturated rings. The van der Waals surface area contributed by atoms with Crippen LogP contribution in [0, 0.1) is 0 Å². The quantitative estimate of drug-likeness (QED) is 0.636. The molecule has 0 saturated heterocycles. The molecular weight excluding hydrogens is 224 g/mol. The van der Waals surface area contributed by atoms with Crippen molar-refractivity contribution >= 4 is 11.8 Å². The van der Waals surface area contributed by atoms with Crippen molar-refractivity contribution in [3.05, 3.63) is 46.9 Å². The predicted octanol–water partition coefficient (Wildman–Crippen LogP) is 1.87. The van der Waals surface area contributed by atoms with Crippen LogP contribution >= 0.6 is 11.8 Å². The fraction of sp³-hybridized carbons (Fsp3) is 0.0909. The molecule has 1 aromatic carbocycles. The van der Waals surface area contributed by atoms with Gasteiger partial charge in [0, 0.05) is 16.5 Å². The smallest absolute Gasteiger partial charge is 0.303 e. The lowest BCUT2D eigenvalue weighted by molar-refractivity contribution is 0.134. The molecule has 5 heteroatoms. The van der Waals surface area contributed by atoms with Crippen LogP contribution in [0.4, 0.5) is 0 Å². The molecule has 0 aliphatic heterocycles. The van der Waals surface area contributed by atoms with Gasteiger partial charge in [-0.2, -0.15) is 0 Å². The Balaban J connectivity index is 2.42. The Bertz CT molecular complexity index is 549. The van der Waals surface area contributed by atoms with Crippen LogP contribution in [0.15, 0.2) is 46.2 Å². The Labute approximate surface area is 96.5 Å². The molecule has 0 spiro atoms. The molecule has 0 amide bonds. The molecule has 1 heterocycles. The summed E-state index contributed by atoms with van der Waals surface area (Å²) in [5, 5.41) is 12.5. The molecule has 0 atom stereocenters. The second-order valence-electron chi connectivity index (χ2n) is 3.20. The van der Waals surface area contributed by atoms with Gasteiger partial charge in [0.2, 0.25) is 0 Å². The zero-order valence-corrected chi connectivity index (χ0v) is 9.44. The minimum Gasteiger partial charge on any atom is -0.409 e. The summed E-state index contributed by atoms with van der Waals surface area (Å²) in [4.78, 5) is 12.7. The maximum Gasteiger partial charge on any atom is 0.303 e. The number of benzene rings is 1. The molecule has 1 N–H and O–H groups in total. The van der Waals surface area contributed by atoms with Crippen molar-refractivity contribution in [2.24, 2.45) is 0 Å². The van der Waals surface area contributed by atoms with Crippen molar-refractivity contribution in [2.75, 3.05) is 6.26 Å². The molecule has 0 radical (unpaired) electrons. The van der Waals surface area contributed by atoms with E-state index < -0.39 is 5.56 Å². The third-order valence-corrected chi connectivity index (χ3v) is 2.95. The zero-order valence-electron chi connectivity index (χ0n) is 8.62. The van der Waals surface area contributed by atoms with E-state index in [4.69, 9.17) is 5.21 Å². The maximum atomic E-state index is 11.2. The van der Waals surface area contributed by atoms with Crippen molar-refractivity contribution in [3.63, 3.8) is 0 Å². The molecule has 0 unspecified atom stereocenters. The Morgan fingerprint density at radius 2 is 1.94 bits per heavy atom. The van der Waals surface area contributed by atoms with Gasteiger partial charge in [0.1, 0.15) is 0 Å². The van der Waals surface area contributed by atoms with Gasteiger partial charge in [-0.3, -0.25) is 4.79 Å². The van der Waals surface area contributed by atoms with Gasteiger partial charge < -0.3 is 5.21 Å². The molecule has 82 valence electrons. The van der Waals surface area contributed by atoms with Crippen molar-refractivity contribution in [2.45, 2.75) is 4.90 Å². The Morgan fingerprint density at radius 1 is 1.25 bits per heavy atom. The number of hydrogen-bond donors (Lipinski definition) is 1. The van der Waals surface area contributed by atoms with E-state index in [9.17, 15) is 4.79 Å². The fourth-order valence-electron chi connectivity index (χ4n) is 1.34. The predicted molar refractivity (Wildman–Crippen MR) is 62.9 cm³/mol. The van der Waals surface area contributed by atoms with E-state index in [1.807, 2.05) is 30.5 Å². The topological polar surface area (TPSA) is 55.1 Å². The van der Waals surface area contributed by atoms with Crippen LogP contribution in [-0.2, 0) is 0 Å². The molecule has 16 heavy (non-hydrogen) atoms. The monoisotopic (exact) mass is 234 g/mol. The number of rotatable bonds is 2. The lowest BCUT2D eigenvalue weighted by Gasteiger charge is -2.02. The van der Waals surface area contributed by atoms with Crippen LogP contribution in [0.5, 0.6) is 0 Å². The highest BCUT2D eigenvalue weighted by Crippen LogP contribution is 2.21.